The van der Waals surface area contributed by atoms with Gasteiger partial charge in [0.15, 0.2) is 0 Å². The van der Waals surface area contributed by atoms with Gasteiger partial charge in [0.25, 0.3) is 0 Å². The van der Waals surface area contributed by atoms with Crippen LogP contribution in [-0.2, 0) is 0 Å². The lowest BCUT2D eigenvalue weighted by Gasteiger charge is -2.01. The van der Waals surface area contributed by atoms with Crippen LogP contribution in [0.3, 0.4) is 0 Å². The van der Waals surface area contributed by atoms with Crippen molar-refractivity contribution in [3.63, 3.8) is 0 Å². The minimum absolute atomic E-state index is 1.05. The van der Waals surface area contributed by atoms with Crippen molar-refractivity contribution in [3.05, 3.63) is 0 Å². The predicted molar refractivity (Wildman–Crippen MR) is 67.1 cm³/mol. The van der Waals surface area contributed by atoms with E-state index < -0.39 is 0 Å². The van der Waals surface area contributed by atoms with E-state index in [4.69, 9.17) is 0 Å². The fourth-order valence-electron chi connectivity index (χ4n) is 0.863. The highest BCUT2D eigenvalue weighted by Gasteiger charge is 1.90. The normalized spacial score (nSPS) is 10.6. The van der Waals surface area contributed by atoms with Crippen LogP contribution in [0.2, 0.25) is 0 Å². The largest absolute Gasteiger partial charge is 0.240 e. The van der Waals surface area contributed by atoms with Crippen LogP contribution in [0.5, 0.6) is 0 Å². The maximum atomic E-state index is 4.47. The van der Waals surface area contributed by atoms with Crippen molar-refractivity contribution in [2.75, 3.05) is 36.1 Å². The van der Waals surface area contributed by atoms with Gasteiger partial charge in [-0.3, -0.25) is 0 Å². The number of rotatable bonds is 10. The first kappa shape index (κ1) is 13.7. The van der Waals surface area contributed by atoms with Gasteiger partial charge in [-0.05, 0) is 24.3 Å². The van der Waals surface area contributed by atoms with Gasteiger partial charge in [-0.1, -0.05) is 13.8 Å². The molecule has 0 aromatic rings. The maximum Gasteiger partial charge on any atom is 0.0224 e. The van der Waals surface area contributed by atoms with Gasteiger partial charge < -0.3 is 0 Å². The van der Waals surface area contributed by atoms with Gasteiger partial charge in [0.05, 0.1) is 0 Å². The molecule has 0 fully saturated rings. The molecule has 1 nitrogen and oxygen atoms in total. The Morgan fingerprint density at radius 3 is 1.62 bits per heavy atom. The highest BCUT2D eigenvalue weighted by molar-refractivity contribution is 7.99. The second kappa shape index (κ2) is 12.7. The Morgan fingerprint density at radius 1 is 0.769 bits per heavy atom. The molecule has 0 aliphatic carbocycles. The van der Waals surface area contributed by atoms with Crippen LogP contribution < -0.4 is 5.32 Å². The van der Waals surface area contributed by atoms with E-state index in [9.17, 15) is 0 Å². The second-order valence-corrected chi connectivity index (χ2v) is 5.35. The smallest absolute Gasteiger partial charge is 0.0224 e. The molecule has 0 bridgehead atoms. The molecular weight excluding hydrogens is 198 g/mol. The summed E-state index contributed by atoms with van der Waals surface area (Å²) in [5.74, 6) is 5.01. The summed E-state index contributed by atoms with van der Waals surface area (Å²) in [6, 6.07) is 0. The van der Waals surface area contributed by atoms with Gasteiger partial charge in [-0.2, -0.15) is 23.5 Å². The summed E-state index contributed by atoms with van der Waals surface area (Å²) in [7, 11) is 0. The summed E-state index contributed by atoms with van der Waals surface area (Å²) >= 11 is 4.04. The third-order valence-electron chi connectivity index (χ3n) is 1.48. The van der Waals surface area contributed by atoms with Crippen molar-refractivity contribution in [2.24, 2.45) is 0 Å². The molecule has 0 atom stereocenters. The van der Waals surface area contributed by atoms with Crippen molar-refractivity contribution in [3.8, 4) is 0 Å². The first-order valence-electron chi connectivity index (χ1n) is 5.20. The van der Waals surface area contributed by atoms with Crippen LogP contribution in [0.1, 0.15) is 26.7 Å². The zero-order valence-electron chi connectivity index (χ0n) is 8.92. The zero-order chi connectivity index (χ0) is 9.78. The molecule has 0 amide bonds. The maximum absolute atomic E-state index is 4.47. The Kier molecular flexibility index (Phi) is 13.3. The molecule has 0 N–H and O–H groups in total. The molecule has 0 aliphatic heterocycles. The molecular formula is C10H22NS2. The van der Waals surface area contributed by atoms with Crippen LogP contribution in [-0.4, -0.2) is 36.1 Å². The Morgan fingerprint density at radius 2 is 1.23 bits per heavy atom. The first-order chi connectivity index (χ1) is 6.41. The third kappa shape index (κ3) is 12.7. The van der Waals surface area contributed by atoms with E-state index in [1.807, 2.05) is 23.5 Å². The van der Waals surface area contributed by atoms with Gasteiger partial charge >= 0.3 is 0 Å². The molecule has 0 aliphatic rings. The molecule has 13 heavy (non-hydrogen) atoms. The molecule has 79 valence electrons. The molecule has 0 unspecified atom stereocenters. The molecule has 0 saturated carbocycles. The average Bonchev–Trinajstić information content (AvgIpc) is 2.16. The first-order valence-corrected chi connectivity index (χ1v) is 7.51. The molecule has 0 aromatic carbocycles. The molecule has 0 spiro atoms. The lowest BCUT2D eigenvalue weighted by molar-refractivity contribution is 0.756. The summed E-state index contributed by atoms with van der Waals surface area (Å²) in [5.41, 5.74) is 0. The van der Waals surface area contributed by atoms with Crippen LogP contribution in [0.15, 0.2) is 0 Å². The van der Waals surface area contributed by atoms with Gasteiger partial charge in [0, 0.05) is 24.6 Å². The minimum atomic E-state index is 1.05. The summed E-state index contributed by atoms with van der Waals surface area (Å²) in [6.45, 7) is 6.56. The van der Waals surface area contributed by atoms with Gasteiger partial charge in [-0.25, -0.2) is 5.32 Å². The van der Waals surface area contributed by atoms with E-state index in [1.165, 1.54) is 35.9 Å². The van der Waals surface area contributed by atoms with Crippen molar-refractivity contribution in [1.29, 1.82) is 0 Å². The molecule has 0 heterocycles. The standard InChI is InChI=1S/C10H22NS2/c1-3-7-12-9-5-11-6-10-13-8-4-2/h3-10H2,1-2H3. The van der Waals surface area contributed by atoms with E-state index in [-0.39, 0.29) is 0 Å². The topological polar surface area (TPSA) is 14.1 Å². The minimum Gasteiger partial charge on any atom is -0.240 e. The summed E-state index contributed by atoms with van der Waals surface area (Å²) in [5, 5.41) is 4.47. The molecule has 0 rings (SSSR count). The Bertz CT molecular complexity index is 79.0. The lowest BCUT2D eigenvalue weighted by atomic mass is 10.6. The summed E-state index contributed by atoms with van der Waals surface area (Å²) in [4.78, 5) is 0. The second-order valence-electron chi connectivity index (χ2n) is 2.90. The summed E-state index contributed by atoms with van der Waals surface area (Å²) in [6.07, 6.45) is 2.58. The molecule has 0 aromatic heterocycles. The van der Waals surface area contributed by atoms with Crippen molar-refractivity contribution >= 4 is 23.5 Å². The van der Waals surface area contributed by atoms with Crippen LogP contribution in [0, 0.1) is 0 Å². The molecule has 3 heteroatoms. The number of nitrogens with zero attached hydrogens (tertiary/aromatic N) is 1. The molecule has 0 saturated heterocycles. The Hall–Kier alpha value is 0.660. The van der Waals surface area contributed by atoms with Gasteiger partial charge in [0.1, 0.15) is 0 Å². The van der Waals surface area contributed by atoms with E-state index >= 15 is 0 Å². The van der Waals surface area contributed by atoms with Gasteiger partial charge in [0.2, 0.25) is 0 Å². The monoisotopic (exact) mass is 220 g/mol. The SMILES string of the molecule is CCCSCC[N]CCSCCC. The van der Waals surface area contributed by atoms with Crippen LogP contribution in [0.25, 0.3) is 0 Å². The van der Waals surface area contributed by atoms with E-state index in [1.54, 1.807) is 0 Å². The zero-order valence-corrected chi connectivity index (χ0v) is 10.6. The number of hydrogen-bond acceptors (Lipinski definition) is 2. The quantitative estimate of drug-likeness (QED) is 0.526. The highest BCUT2D eigenvalue weighted by atomic mass is 32.2. The number of hydrogen-bond donors (Lipinski definition) is 0. The van der Waals surface area contributed by atoms with E-state index in [0.717, 1.165) is 13.1 Å². The third-order valence-corrected chi connectivity index (χ3v) is 3.82. The number of thioether (sulfide) groups is 2. The van der Waals surface area contributed by atoms with Crippen molar-refractivity contribution in [1.82, 2.24) is 5.32 Å². The predicted octanol–water partition coefficient (Wildman–Crippen LogP) is 2.88. The van der Waals surface area contributed by atoms with Crippen molar-refractivity contribution < 1.29 is 0 Å². The van der Waals surface area contributed by atoms with E-state index in [0.29, 0.717) is 0 Å². The summed E-state index contributed by atoms with van der Waals surface area (Å²) < 4.78 is 0. The lowest BCUT2D eigenvalue weighted by Crippen LogP contribution is -2.12. The fraction of sp³-hybridized carbons (Fsp3) is 1.00. The van der Waals surface area contributed by atoms with E-state index in [2.05, 4.69) is 19.2 Å². The highest BCUT2D eigenvalue weighted by Crippen LogP contribution is 2.01. The fourth-order valence-corrected chi connectivity index (χ4v) is 2.36. The van der Waals surface area contributed by atoms with Crippen LogP contribution >= 0.6 is 23.5 Å². The molecule has 1 radical (unpaired) electrons. The Labute approximate surface area is 91.8 Å². The van der Waals surface area contributed by atoms with Crippen molar-refractivity contribution in [2.45, 2.75) is 26.7 Å². The average molecular weight is 220 g/mol. The Balaban J connectivity index is 2.76. The van der Waals surface area contributed by atoms with Crippen LogP contribution in [0.4, 0.5) is 0 Å². The van der Waals surface area contributed by atoms with Gasteiger partial charge in [-0.15, -0.1) is 0 Å².